The van der Waals surface area contributed by atoms with E-state index in [2.05, 4.69) is 36.5 Å². The summed E-state index contributed by atoms with van der Waals surface area (Å²) >= 11 is 0. The summed E-state index contributed by atoms with van der Waals surface area (Å²) in [7, 11) is 0. The normalized spacial score (nSPS) is 11.0. The first kappa shape index (κ1) is 18.9. The molecule has 33 heavy (non-hydrogen) atoms. The molecule has 0 aliphatic rings. The van der Waals surface area contributed by atoms with Crippen LogP contribution in [0.2, 0.25) is 0 Å². The molecule has 6 rings (SSSR count). The monoisotopic (exact) mass is 430 g/mol. The third kappa shape index (κ3) is 3.61. The summed E-state index contributed by atoms with van der Waals surface area (Å²) in [4.78, 5) is 11.5. The highest BCUT2D eigenvalue weighted by Crippen LogP contribution is 2.32. The van der Waals surface area contributed by atoms with Gasteiger partial charge in [-0.15, -0.1) is 10.2 Å². The Balaban J connectivity index is 1.28. The Hall–Kier alpha value is -4.78. The molecule has 3 heterocycles. The van der Waals surface area contributed by atoms with E-state index in [1.54, 1.807) is 0 Å². The number of fused-ring (bicyclic) bond motifs is 2. The number of aromatic nitrogens is 5. The highest BCUT2D eigenvalue weighted by atomic mass is 16.5. The van der Waals surface area contributed by atoms with Crippen molar-refractivity contribution in [2.24, 2.45) is 0 Å². The minimum atomic E-state index is 0.510. The van der Waals surface area contributed by atoms with E-state index in [1.807, 2.05) is 85.1 Å². The minimum absolute atomic E-state index is 0.510. The molecule has 0 aliphatic carbocycles. The van der Waals surface area contributed by atoms with Crippen molar-refractivity contribution in [3.05, 3.63) is 97.5 Å². The number of nitrogens with zero attached hydrogens (tertiary/aromatic N) is 4. The van der Waals surface area contributed by atoms with Gasteiger partial charge in [-0.1, -0.05) is 54.6 Å². The predicted octanol–water partition coefficient (Wildman–Crippen LogP) is 6.10. The first-order valence-corrected chi connectivity index (χ1v) is 10.5. The third-order valence-corrected chi connectivity index (χ3v) is 5.38. The van der Waals surface area contributed by atoms with Gasteiger partial charge in [0.05, 0.1) is 5.39 Å². The average Bonchev–Trinajstić information content (AvgIpc) is 3.36. The standard InChI is InChI=1S/C26H18N6O/c1-2-6-17(7-3-1)23-20-8-4-5-9-21(20)25(32-31-23)30-18-10-12-19(13-11-18)33-26-22-14-15-27-24(22)28-16-29-26/h1-16H,(H,30,32)(H,27,28,29). The molecule has 0 radical (unpaired) electrons. The summed E-state index contributed by atoms with van der Waals surface area (Å²) in [6.45, 7) is 0. The topological polar surface area (TPSA) is 88.6 Å². The van der Waals surface area contributed by atoms with E-state index in [4.69, 9.17) is 4.74 Å². The van der Waals surface area contributed by atoms with E-state index in [0.717, 1.165) is 38.8 Å². The van der Waals surface area contributed by atoms with Gasteiger partial charge in [0.1, 0.15) is 23.4 Å². The third-order valence-electron chi connectivity index (χ3n) is 5.38. The van der Waals surface area contributed by atoms with Crippen LogP contribution in [-0.2, 0) is 0 Å². The van der Waals surface area contributed by atoms with Crippen LogP contribution in [0.15, 0.2) is 97.5 Å². The minimum Gasteiger partial charge on any atom is -0.438 e. The van der Waals surface area contributed by atoms with Gasteiger partial charge in [0.15, 0.2) is 5.82 Å². The van der Waals surface area contributed by atoms with Crippen LogP contribution in [0.5, 0.6) is 11.6 Å². The molecule has 0 spiro atoms. The van der Waals surface area contributed by atoms with Crippen LogP contribution < -0.4 is 10.1 Å². The molecule has 0 bridgehead atoms. The molecule has 7 heteroatoms. The van der Waals surface area contributed by atoms with Gasteiger partial charge in [-0.3, -0.25) is 0 Å². The fraction of sp³-hybridized carbons (Fsp3) is 0. The Morgan fingerprint density at radius 3 is 2.33 bits per heavy atom. The number of anilines is 2. The molecule has 7 nitrogen and oxygen atoms in total. The molecule has 0 fully saturated rings. The molecular formula is C26H18N6O. The number of hydrogen-bond acceptors (Lipinski definition) is 6. The van der Waals surface area contributed by atoms with Crippen molar-refractivity contribution in [1.29, 1.82) is 0 Å². The Bertz CT molecular complexity index is 1560. The summed E-state index contributed by atoms with van der Waals surface area (Å²) in [5.74, 6) is 1.89. The lowest BCUT2D eigenvalue weighted by Gasteiger charge is -2.12. The SMILES string of the molecule is c1ccc(-c2nnc(Nc3ccc(Oc4ncnc5[nH]ccc45)cc3)c3ccccc23)cc1. The molecule has 3 aromatic carbocycles. The number of ether oxygens (including phenoxy) is 1. The van der Waals surface area contributed by atoms with Gasteiger partial charge in [0.25, 0.3) is 0 Å². The van der Waals surface area contributed by atoms with Crippen molar-refractivity contribution in [3.8, 4) is 22.9 Å². The van der Waals surface area contributed by atoms with Gasteiger partial charge in [0, 0.05) is 28.2 Å². The fourth-order valence-corrected chi connectivity index (χ4v) is 3.79. The number of rotatable bonds is 5. The number of nitrogens with one attached hydrogen (secondary N) is 2. The Morgan fingerprint density at radius 2 is 1.48 bits per heavy atom. The highest BCUT2D eigenvalue weighted by molar-refractivity contribution is 6.00. The maximum absolute atomic E-state index is 5.96. The van der Waals surface area contributed by atoms with E-state index < -0.39 is 0 Å². The molecule has 2 N–H and O–H groups in total. The number of hydrogen-bond donors (Lipinski definition) is 2. The fourth-order valence-electron chi connectivity index (χ4n) is 3.79. The van der Waals surface area contributed by atoms with Crippen molar-refractivity contribution in [2.45, 2.75) is 0 Å². The lowest BCUT2D eigenvalue weighted by atomic mass is 10.0. The molecule has 3 aromatic heterocycles. The number of H-pyrrole nitrogens is 1. The van der Waals surface area contributed by atoms with Crippen LogP contribution in [-0.4, -0.2) is 25.1 Å². The number of aromatic amines is 1. The Labute approximate surface area is 189 Å². The van der Waals surface area contributed by atoms with E-state index in [-0.39, 0.29) is 0 Å². The molecule has 0 saturated carbocycles. The lowest BCUT2D eigenvalue weighted by molar-refractivity contribution is 0.468. The molecule has 0 atom stereocenters. The van der Waals surface area contributed by atoms with Crippen molar-refractivity contribution in [1.82, 2.24) is 25.1 Å². The van der Waals surface area contributed by atoms with Gasteiger partial charge in [-0.2, -0.15) is 0 Å². The summed E-state index contributed by atoms with van der Waals surface area (Å²) in [6.07, 6.45) is 3.29. The molecule has 0 unspecified atom stereocenters. The zero-order chi connectivity index (χ0) is 22.0. The molecule has 0 aliphatic heterocycles. The Kier molecular flexibility index (Phi) is 4.62. The van der Waals surface area contributed by atoms with Gasteiger partial charge < -0.3 is 15.0 Å². The summed E-state index contributed by atoms with van der Waals surface area (Å²) in [6, 6.07) is 27.8. The second kappa shape index (κ2) is 8.05. The molecule has 6 aromatic rings. The van der Waals surface area contributed by atoms with Crippen LogP contribution in [0.25, 0.3) is 33.1 Å². The lowest BCUT2D eigenvalue weighted by Crippen LogP contribution is -1.99. The largest absolute Gasteiger partial charge is 0.438 e. The molecular weight excluding hydrogens is 412 g/mol. The van der Waals surface area contributed by atoms with Gasteiger partial charge in [-0.25, -0.2) is 9.97 Å². The summed E-state index contributed by atoms with van der Waals surface area (Å²) in [5.41, 5.74) is 3.52. The van der Waals surface area contributed by atoms with E-state index in [0.29, 0.717) is 17.4 Å². The van der Waals surface area contributed by atoms with Crippen molar-refractivity contribution < 1.29 is 4.74 Å². The van der Waals surface area contributed by atoms with Crippen molar-refractivity contribution in [2.75, 3.05) is 5.32 Å². The molecule has 158 valence electrons. The van der Waals surface area contributed by atoms with Crippen LogP contribution >= 0.6 is 0 Å². The maximum atomic E-state index is 5.96. The first-order valence-electron chi connectivity index (χ1n) is 10.5. The van der Waals surface area contributed by atoms with Crippen molar-refractivity contribution in [3.63, 3.8) is 0 Å². The van der Waals surface area contributed by atoms with E-state index >= 15 is 0 Å². The molecule has 0 amide bonds. The average molecular weight is 430 g/mol. The molecule has 0 saturated heterocycles. The smallest absolute Gasteiger partial charge is 0.231 e. The first-order chi connectivity index (χ1) is 16.3. The van der Waals surface area contributed by atoms with Crippen LogP contribution in [0.4, 0.5) is 11.5 Å². The highest BCUT2D eigenvalue weighted by Gasteiger charge is 2.11. The van der Waals surface area contributed by atoms with Crippen LogP contribution in [0, 0.1) is 0 Å². The van der Waals surface area contributed by atoms with Gasteiger partial charge >= 0.3 is 0 Å². The Morgan fingerprint density at radius 1 is 0.697 bits per heavy atom. The zero-order valence-electron chi connectivity index (χ0n) is 17.4. The van der Waals surface area contributed by atoms with Gasteiger partial charge in [0.2, 0.25) is 5.88 Å². The second-order valence-electron chi connectivity index (χ2n) is 7.48. The summed E-state index contributed by atoms with van der Waals surface area (Å²) < 4.78 is 5.96. The zero-order valence-corrected chi connectivity index (χ0v) is 17.4. The van der Waals surface area contributed by atoms with Crippen LogP contribution in [0.3, 0.4) is 0 Å². The second-order valence-corrected chi connectivity index (χ2v) is 7.48. The van der Waals surface area contributed by atoms with E-state index in [9.17, 15) is 0 Å². The maximum Gasteiger partial charge on any atom is 0.231 e. The van der Waals surface area contributed by atoms with Gasteiger partial charge in [-0.05, 0) is 30.3 Å². The quantitative estimate of drug-likeness (QED) is 0.343. The summed E-state index contributed by atoms with van der Waals surface area (Å²) in [5, 5.41) is 15.3. The number of benzene rings is 3. The van der Waals surface area contributed by atoms with E-state index in [1.165, 1.54) is 6.33 Å². The van der Waals surface area contributed by atoms with Crippen LogP contribution in [0.1, 0.15) is 0 Å². The predicted molar refractivity (Wildman–Crippen MR) is 129 cm³/mol. The van der Waals surface area contributed by atoms with Crippen molar-refractivity contribution >= 4 is 33.3 Å².